The average Bonchev–Trinajstić information content (AvgIpc) is 2.48. The van der Waals surface area contributed by atoms with E-state index in [0.29, 0.717) is 6.61 Å². The van der Waals surface area contributed by atoms with Gasteiger partial charge in [-0.25, -0.2) is 0 Å². The number of carbonyl (C=O) groups excluding carboxylic acids is 1. The Morgan fingerprint density at radius 1 is 1.20 bits per heavy atom. The second kappa shape index (κ2) is 9.00. The van der Waals surface area contributed by atoms with Crippen molar-refractivity contribution in [3.05, 3.63) is 0 Å². The van der Waals surface area contributed by atoms with Gasteiger partial charge in [-0.3, -0.25) is 4.79 Å². The zero-order chi connectivity index (χ0) is 14.8. The molecular formula is C17H29NO2. The Hall–Kier alpha value is -1.04. The molecule has 0 bridgehead atoms. The minimum absolute atomic E-state index is 0.0246. The monoisotopic (exact) mass is 279 g/mol. The van der Waals surface area contributed by atoms with Crippen molar-refractivity contribution in [1.29, 1.82) is 5.26 Å². The van der Waals surface area contributed by atoms with Crippen LogP contribution in [-0.2, 0) is 9.53 Å². The number of ether oxygens (including phenoxy) is 1. The van der Waals surface area contributed by atoms with Crippen LogP contribution in [0.4, 0.5) is 0 Å². The van der Waals surface area contributed by atoms with Gasteiger partial charge >= 0.3 is 5.97 Å². The first-order chi connectivity index (χ1) is 9.67. The van der Waals surface area contributed by atoms with Crippen LogP contribution in [0.3, 0.4) is 0 Å². The Kier molecular flexibility index (Phi) is 7.65. The number of esters is 1. The largest absolute Gasteiger partial charge is 0.466 e. The molecule has 0 spiro atoms. The van der Waals surface area contributed by atoms with Crippen molar-refractivity contribution < 1.29 is 9.53 Å². The summed E-state index contributed by atoms with van der Waals surface area (Å²) in [6.07, 6.45) is 10.6. The number of nitriles is 1. The molecule has 1 rings (SSSR count). The molecule has 1 aliphatic rings. The number of carbonyl (C=O) groups is 1. The van der Waals surface area contributed by atoms with E-state index in [0.717, 1.165) is 38.5 Å². The molecule has 0 unspecified atom stereocenters. The van der Waals surface area contributed by atoms with Gasteiger partial charge in [0.15, 0.2) is 0 Å². The lowest BCUT2D eigenvalue weighted by Crippen LogP contribution is -2.30. The van der Waals surface area contributed by atoms with Crippen molar-refractivity contribution >= 4 is 5.97 Å². The standard InChI is InChI=1S/C17H29NO2/c1-3-5-6-7-8-11-17(14-18)12-9-15(10-13-17)16(19)20-4-2/h15H,3-13H2,1-2H3. The summed E-state index contributed by atoms with van der Waals surface area (Å²) in [4.78, 5) is 11.7. The first kappa shape index (κ1) is 17.0. The SMILES string of the molecule is CCCCCCCC1(C#N)CCC(C(=O)OCC)CC1. The van der Waals surface area contributed by atoms with Gasteiger partial charge in [-0.15, -0.1) is 0 Å². The molecule has 0 aromatic rings. The molecule has 1 fully saturated rings. The van der Waals surface area contributed by atoms with E-state index in [1.165, 1.54) is 25.7 Å². The van der Waals surface area contributed by atoms with Crippen molar-refractivity contribution in [3.8, 4) is 6.07 Å². The highest BCUT2D eigenvalue weighted by molar-refractivity contribution is 5.72. The minimum atomic E-state index is -0.171. The van der Waals surface area contributed by atoms with Crippen LogP contribution in [0.15, 0.2) is 0 Å². The van der Waals surface area contributed by atoms with Crippen molar-refractivity contribution in [2.24, 2.45) is 11.3 Å². The van der Waals surface area contributed by atoms with Gasteiger partial charge in [-0.05, 0) is 39.0 Å². The second-order valence-electron chi connectivity index (χ2n) is 6.08. The summed E-state index contributed by atoms with van der Waals surface area (Å²) >= 11 is 0. The molecule has 0 atom stereocenters. The van der Waals surface area contributed by atoms with Gasteiger partial charge in [-0.1, -0.05) is 39.0 Å². The van der Waals surface area contributed by atoms with Gasteiger partial charge in [0.1, 0.15) is 0 Å². The maximum absolute atomic E-state index is 11.7. The molecule has 0 saturated heterocycles. The Morgan fingerprint density at radius 3 is 2.40 bits per heavy atom. The van der Waals surface area contributed by atoms with Gasteiger partial charge in [0.05, 0.1) is 24.0 Å². The van der Waals surface area contributed by atoms with Crippen LogP contribution < -0.4 is 0 Å². The summed E-state index contributed by atoms with van der Waals surface area (Å²) in [6, 6.07) is 2.55. The highest BCUT2D eigenvalue weighted by atomic mass is 16.5. The fourth-order valence-corrected chi connectivity index (χ4v) is 3.15. The third-order valence-corrected chi connectivity index (χ3v) is 4.56. The topological polar surface area (TPSA) is 50.1 Å². The molecule has 0 aromatic heterocycles. The van der Waals surface area contributed by atoms with Gasteiger partial charge in [0.2, 0.25) is 0 Å². The molecule has 3 nitrogen and oxygen atoms in total. The molecule has 114 valence electrons. The lowest BCUT2D eigenvalue weighted by atomic mass is 9.69. The Labute approximate surface area is 123 Å². The molecule has 0 radical (unpaired) electrons. The molecule has 20 heavy (non-hydrogen) atoms. The van der Waals surface area contributed by atoms with E-state index in [2.05, 4.69) is 13.0 Å². The molecule has 0 amide bonds. The molecule has 1 aliphatic carbocycles. The van der Waals surface area contributed by atoms with Crippen molar-refractivity contribution in [2.45, 2.75) is 78.1 Å². The van der Waals surface area contributed by atoms with Crippen molar-refractivity contribution in [3.63, 3.8) is 0 Å². The minimum Gasteiger partial charge on any atom is -0.466 e. The van der Waals surface area contributed by atoms with Gasteiger partial charge in [-0.2, -0.15) is 5.26 Å². The van der Waals surface area contributed by atoms with Crippen LogP contribution >= 0.6 is 0 Å². The van der Waals surface area contributed by atoms with Crippen molar-refractivity contribution in [1.82, 2.24) is 0 Å². The van der Waals surface area contributed by atoms with Gasteiger partial charge in [0, 0.05) is 0 Å². The van der Waals surface area contributed by atoms with Crippen LogP contribution in [0.2, 0.25) is 0 Å². The van der Waals surface area contributed by atoms with E-state index in [9.17, 15) is 10.1 Å². The van der Waals surface area contributed by atoms with E-state index in [-0.39, 0.29) is 17.3 Å². The van der Waals surface area contributed by atoms with E-state index in [1.54, 1.807) is 0 Å². The smallest absolute Gasteiger partial charge is 0.308 e. The van der Waals surface area contributed by atoms with Crippen LogP contribution in [-0.4, -0.2) is 12.6 Å². The molecule has 3 heteroatoms. The number of unbranched alkanes of at least 4 members (excludes halogenated alkanes) is 4. The molecular weight excluding hydrogens is 250 g/mol. The molecule has 1 saturated carbocycles. The maximum atomic E-state index is 11.7. The van der Waals surface area contributed by atoms with Crippen molar-refractivity contribution in [2.75, 3.05) is 6.61 Å². The van der Waals surface area contributed by atoms with E-state index in [1.807, 2.05) is 6.92 Å². The zero-order valence-corrected chi connectivity index (χ0v) is 13.1. The quantitative estimate of drug-likeness (QED) is 0.481. The fraction of sp³-hybridized carbons (Fsp3) is 0.882. The molecule has 0 aromatic carbocycles. The Morgan fingerprint density at radius 2 is 1.85 bits per heavy atom. The summed E-state index contributed by atoms with van der Waals surface area (Å²) in [5.41, 5.74) is -0.171. The number of hydrogen-bond acceptors (Lipinski definition) is 3. The average molecular weight is 279 g/mol. The summed E-state index contributed by atoms with van der Waals surface area (Å²) in [7, 11) is 0. The first-order valence-corrected chi connectivity index (χ1v) is 8.25. The zero-order valence-electron chi connectivity index (χ0n) is 13.1. The fourth-order valence-electron chi connectivity index (χ4n) is 3.15. The lowest BCUT2D eigenvalue weighted by molar-refractivity contribution is -0.149. The predicted molar refractivity (Wildman–Crippen MR) is 80.0 cm³/mol. The van der Waals surface area contributed by atoms with Crippen LogP contribution in [0.5, 0.6) is 0 Å². The molecule has 0 aliphatic heterocycles. The highest BCUT2D eigenvalue weighted by Crippen LogP contribution is 2.42. The lowest BCUT2D eigenvalue weighted by Gasteiger charge is -2.34. The van der Waals surface area contributed by atoms with E-state index >= 15 is 0 Å². The van der Waals surface area contributed by atoms with E-state index < -0.39 is 0 Å². The summed E-state index contributed by atoms with van der Waals surface area (Å²) in [5.74, 6) is -0.0431. The number of rotatable bonds is 8. The molecule has 0 heterocycles. The second-order valence-corrected chi connectivity index (χ2v) is 6.08. The first-order valence-electron chi connectivity index (χ1n) is 8.25. The number of nitrogens with zero attached hydrogens (tertiary/aromatic N) is 1. The van der Waals surface area contributed by atoms with Gasteiger partial charge < -0.3 is 4.74 Å². The number of hydrogen-bond donors (Lipinski definition) is 0. The van der Waals surface area contributed by atoms with Gasteiger partial charge in [0.25, 0.3) is 0 Å². The maximum Gasteiger partial charge on any atom is 0.308 e. The Balaban J connectivity index is 2.34. The predicted octanol–water partition coefficient (Wildman–Crippen LogP) is 4.61. The van der Waals surface area contributed by atoms with E-state index in [4.69, 9.17) is 4.74 Å². The highest BCUT2D eigenvalue weighted by Gasteiger charge is 2.37. The Bertz CT molecular complexity index is 324. The third kappa shape index (κ3) is 5.15. The van der Waals surface area contributed by atoms with Crippen LogP contribution in [0.1, 0.15) is 78.1 Å². The normalized spacial score (nSPS) is 25.9. The molecule has 0 N–H and O–H groups in total. The third-order valence-electron chi connectivity index (χ3n) is 4.56. The summed E-state index contributed by atoms with van der Waals surface area (Å²) in [5, 5.41) is 9.51. The van der Waals surface area contributed by atoms with Crippen LogP contribution in [0, 0.1) is 22.7 Å². The summed E-state index contributed by atoms with van der Waals surface area (Å²) < 4.78 is 5.09. The summed E-state index contributed by atoms with van der Waals surface area (Å²) in [6.45, 7) is 4.51. The van der Waals surface area contributed by atoms with Crippen LogP contribution in [0.25, 0.3) is 0 Å².